The number of nitriles is 1. The van der Waals surface area contributed by atoms with Crippen LogP contribution >= 0.6 is 11.3 Å². The molecule has 92 valence electrons. The van der Waals surface area contributed by atoms with Crippen molar-refractivity contribution >= 4 is 17.2 Å². The van der Waals surface area contributed by atoms with Crippen LogP contribution in [0.5, 0.6) is 0 Å². The zero-order chi connectivity index (χ0) is 13.0. The van der Waals surface area contributed by atoms with Crippen molar-refractivity contribution in [2.45, 2.75) is 19.8 Å². The number of anilines is 1. The van der Waals surface area contributed by atoms with Gasteiger partial charge in [-0.15, -0.1) is 11.3 Å². The van der Waals surface area contributed by atoms with E-state index in [1.165, 1.54) is 0 Å². The molecule has 0 bridgehead atoms. The zero-order valence-corrected chi connectivity index (χ0v) is 11.2. The first-order valence-electron chi connectivity index (χ1n) is 5.71. The Hall–Kier alpha value is -1.93. The maximum atomic E-state index is 8.90. The van der Waals surface area contributed by atoms with Crippen molar-refractivity contribution in [3.63, 3.8) is 0 Å². The second-order valence-electron chi connectivity index (χ2n) is 4.15. The van der Waals surface area contributed by atoms with Crippen LogP contribution in [-0.2, 0) is 0 Å². The number of hydrogen-bond donors (Lipinski definition) is 1. The first-order chi connectivity index (χ1) is 8.69. The monoisotopic (exact) mass is 258 g/mol. The van der Waals surface area contributed by atoms with E-state index in [1.807, 2.05) is 18.5 Å². The van der Waals surface area contributed by atoms with Crippen molar-refractivity contribution in [3.8, 4) is 6.07 Å². The van der Waals surface area contributed by atoms with Gasteiger partial charge in [-0.05, 0) is 19.1 Å². The Labute approximate surface area is 110 Å². The van der Waals surface area contributed by atoms with E-state index >= 15 is 0 Å². The summed E-state index contributed by atoms with van der Waals surface area (Å²) in [6, 6.07) is 5.67. The highest BCUT2D eigenvalue weighted by Gasteiger charge is 2.08. The molecule has 2 heterocycles. The molecule has 4 nitrogen and oxygen atoms in total. The summed E-state index contributed by atoms with van der Waals surface area (Å²) in [6.45, 7) is 4.76. The second kappa shape index (κ2) is 5.61. The number of nitrogens with one attached hydrogen (secondary N) is 1. The Morgan fingerprint density at radius 1 is 1.50 bits per heavy atom. The van der Waals surface area contributed by atoms with Crippen LogP contribution in [-0.4, -0.2) is 16.5 Å². The number of thiazole rings is 1. The van der Waals surface area contributed by atoms with Crippen molar-refractivity contribution in [2.24, 2.45) is 0 Å². The molecule has 18 heavy (non-hydrogen) atoms. The van der Waals surface area contributed by atoms with E-state index in [0.717, 1.165) is 23.1 Å². The van der Waals surface area contributed by atoms with Crippen LogP contribution in [0.15, 0.2) is 23.7 Å². The van der Waals surface area contributed by atoms with Gasteiger partial charge >= 0.3 is 0 Å². The highest BCUT2D eigenvalue weighted by molar-refractivity contribution is 7.09. The highest BCUT2D eigenvalue weighted by atomic mass is 32.1. The van der Waals surface area contributed by atoms with Gasteiger partial charge in [0.1, 0.15) is 5.82 Å². The third-order valence-electron chi connectivity index (χ3n) is 2.54. The molecule has 0 amide bonds. The van der Waals surface area contributed by atoms with Gasteiger partial charge in [-0.25, -0.2) is 9.97 Å². The van der Waals surface area contributed by atoms with E-state index in [-0.39, 0.29) is 0 Å². The number of hydrogen-bond acceptors (Lipinski definition) is 5. The zero-order valence-electron chi connectivity index (χ0n) is 10.3. The summed E-state index contributed by atoms with van der Waals surface area (Å²) in [5, 5.41) is 15.2. The number of nitrogens with zero attached hydrogens (tertiary/aromatic N) is 3. The molecule has 0 aliphatic heterocycles. The van der Waals surface area contributed by atoms with Crippen molar-refractivity contribution in [3.05, 3.63) is 40.0 Å². The third-order valence-corrected chi connectivity index (χ3v) is 3.55. The van der Waals surface area contributed by atoms with Crippen LogP contribution in [0.2, 0.25) is 0 Å². The van der Waals surface area contributed by atoms with E-state index in [4.69, 9.17) is 5.26 Å². The van der Waals surface area contributed by atoms with Crippen LogP contribution in [0, 0.1) is 18.3 Å². The highest BCUT2D eigenvalue weighted by Crippen LogP contribution is 2.18. The van der Waals surface area contributed by atoms with Crippen molar-refractivity contribution in [2.75, 3.05) is 11.9 Å². The van der Waals surface area contributed by atoms with Crippen LogP contribution < -0.4 is 5.32 Å². The number of rotatable bonds is 4. The van der Waals surface area contributed by atoms with E-state index in [1.54, 1.807) is 23.5 Å². The molecule has 0 fully saturated rings. The van der Waals surface area contributed by atoms with Gasteiger partial charge in [0.05, 0.1) is 16.6 Å². The molecule has 0 radical (unpaired) electrons. The Balaban J connectivity index is 2.02. The normalized spacial score (nSPS) is 11.8. The first kappa shape index (κ1) is 12.5. The van der Waals surface area contributed by atoms with Gasteiger partial charge in [0.15, 0.2) is 0 Å². The lowest BCUT2D eigenvalue weighted by Gasteiger charge is -2.11. The molecule has 1 atom stereocenters. The minimum atomic E-state index is 0.331. The quantitative estimate of drug-likeness (QED) is 0.916. The molecule has 0 aliphatic carbocycles. The molecule has 2 rings (SSSR count). The maximum Gasteiger partial charge on any atom is 0.127 e. The number of aryl methyl sites for hydroxylation is 1. The molecule has 2 aromatic heterocycles. The molecular formula is C13H14N4S. The van der Waals surface area contributed by atoms with Gasteiger partial charge in [0, 0.05) is 29.7 Å². The third kappa shape index (κ3) is 3.05. The molecule has 0 aromatic carbocycles. The summed E-state index contributed by atoms with van der Waals surface area (Å²) in [5.74, 6) is 1.08. The largest absolute Gasteiger partial charge is 0.369 e. The molecule has 1 unspecified atom stereocenters. The predicted molar refractivity (Wildman–Crippen MR) is 72.7 cm³/mol. The van der Waals surface area contributed by atoms with E-state index in [0.29, 0.717) is 11.5 Å². The fourth-order valence-corrected chi connectivity index (χ4v) is 2.34. The fraction of sp³-hybridized carbons (Fsp3) is 0.308. The van der Waals surface area contributed by atoms with E-state index in [2.05, 4.69) is 28.3 Å². The lowest BCUT2D eigenvalue weighted by molar-refractivity contribution is 0.791. The van der Waals surface area contributed by atoms with E-state index in [9.17, 15) is 0 Å². The molecule has 0 aliphatic rings. The van der Waals surface area contributed by atoms with Crippen molar-refractivity contribution in [1.29, 1.82) is 5.26 Å². The fourth-order valence-electron chi connectivity index (χ4n) is 1.65. The summed E-state index contributed by atoms with van der Waals surface area (Å²) in [4.78, 5) is 8.64. The topological polar surface area (TPSA) is 61.6 Å². The minimum Gasteiger partial charge on any atom is -0.369 e. The van der Waals surface area contributed by atoms with Crippen LogP contribution in [0.1, 0.15) is 29.1 Å². The smallest absolute Gasteiger partial charge is 0.127 e. The Morgan fingerprint density at radius 3 is 3.00 bits per heavy atom. The van der Waals surface area contributed by atoms with Gasteiger partial charge in [0.2, 0.25) is 0 Å². The summed E-state index contributed by atoms with van der Waals surface area (Å²) in [7, 11) is 0. The summed E-state index contributed by atoms with van der Waals surface area (Å²) < 4.78 is 0. The molecule has 5 heteroatoms. The molecule has 0 saturated heterocycles. The molecule has 2 aromatic rings. The summed E-state index contributed by atoms with van der Waals surface area (Å²) in [5.41, 5.74) is 1.48. The van der Waals surface area contributed by atoms with Gasteiger partial charge in [-0.1, -0.05) is 6.92 Å². The van der Waals surface area contributed by atoms with Crippen LogP contribution in [0.3, 0.4) is 0 Å². The Kier molecular flexibility index (Phi) is 3.90. The first-order valence-corrected chi connectivity index (χ1v) is 6.59. The number of pyridine rings is 1. The van der Waals surface area contributed by atoms with Gasteiger partial charge < -0.3 is 5.32 Å². The lowest BCUT2D eigenvalue weighted by Crippen LogP contribution is -2.11. The molecule has 0 saturated carbocycles. The average Bonchev–Trinajstić information content (AvgIpc) is 2.89. The van der Waals surface area contributed by atoms with E-state index < -0.39 is 0 Å². The lowest BCUT2D eigenvalue weighted by atomic mass is 10.2. The summed E-state index contributed by atoms with van der Waals surface area (Å²) in [6.07, 6.45) is 1.81. The Morgan fingerprint density at radius 2 is 2.33 bits per heavy atom. The molecule has 1 N–H and O–H groups in total. The van der Waals surface area contributed by atoms with Crippen molar-refractivity contribution in [1.82, 2.24) is 9.97 Å². The van der Waals surface area contributed by atoms with Gasteiger partial charge in [-0.2, -0.15) is 5.26 Å². The van der Waals surface area contributed by atoms with Gasteiger partial charge in [0.25, 0.3) is 0 Å². The SMILES string of the molecule is Cc1cc(C#N)cc(NCC(C)c2nccs2)n1. The van der Waals surface area contributed by atoms with Crippen LogP contribution in [0.4, 0.5) is 5.82 Å². The average molecular weight is 258 g/mol. The Bertz CT molecular complexity index is 557. The minimum absolute atomic E-state index is 0.331. The molecule has 0 spiro atoms. The predicted octanol–water partition coefficient (Wildman–Crippen LogP) is 2.93. The maximum absolute atomic E-state index is 8.90. The molecular weight excluding hydrogens is 244 g/mol. The van der Waals surface area contributed by atoms with Crippen molar-refractivity contribution < 1.29 is 0 Å². The van der Waals surface area contributed by atoms with Crippen LogP contribution in [0.25, 0.3) is 0 Å². The number of aromatic nitrogens is 2. The second-order valence-corrected chi connectivity index (χ2v) is 5.07. The summed E-state index contributed by atoms with van der Waals surface area (Å²) >= 11 is 1.65. The standard InChI is InChI=1S/C13H14N4S/c1-9(13-15-3-4-18-13)8-16-12-6-11(7-14)5-10(2)17-12/h3-6,9H,8H2,1-2H3,(H,16,17). The van der Waals surface area contributed by atoms with Gasteiger partial charge in [-0.3, -0.25) is 0 Å².